The van der Waals surface area contributed by atoms with Gasteiger partial charge in [0.1, 0.15) is 0 Å². The Balaban J connectivity index is 2.52. The number of aldehydes is 1. The van der Waals surface area contributed by atoms with Crippen molar-refractivity contribution in [3.05, 3.63) is 36.3 Å². The van der Waals surface area contributed by atoms with E-state index >= 15 is 0 Å². The number of hydrogen-bond acceptors (Lipinski definition) is 4. The maximum absolute atomic E-state index is 10.5. The van der Waals surface area contributed by atoms with Gasteiger partial charge in [0.2, 0.25) is 0 Å². The minimum Gasteiger partial charge on any atom is -0.356 e. The smallest absolute Gasteiger partial charge is 0.177 e. The molecule has 0 N–H and O–H groups in total. The number of rotatable bonds is 2. The summed E-state index contributed by atoms with van der Waals surface area (Å²) in [5.74, 6) is 0.484. The first-order valence-corrected chi connectivity index (χ1v) is 3.72. The van der Waals surface area contributed by atoms with Crippen LogP contribution in [0.25, 0.3) is 11.3 Å². The van der Waals surface area contributed by atoms with Crippen LogP contribution in [0, 0.1) is 0 Å². The van der Waals surface area contributed by atoms with Gasteiger partial charge in [0, 0.05) is 18.0 Å². The zero-order valence-electron chi connectivity index (χ0n) is 6.68. The van der Waals surface area contributed by atoms with Gasteiger partial charge in [-0.2, -0.15) is 0 Å². The second kappa shape index (κ2) is 3.18. The molecule has 2 rings (SSSR count). The zero-order valence-corrected chi connectivity index (χ0v) is 6.68. The van der Waals surface area contributed by atoms with Crippen LogP contribution in [0.3, 0.4) is 0 Å². The van der Waals surface area contributed by atoms with E-state index in [1.54, 1.807) is 24.5 Å². The van der Waals surface area contributed by atoms with Gasteiger partial charge in [0.25, 0.3) is 0 Å². The van der Waals surface area contributed by atoms with E-state index in [1.165, 1.54) is 6.20 Å². The largest absolute Gasteiger partial charge is 0.356 e. The Hall–Kier alpha value is -1.97. The quantitative estimate of drug-likeness (QED) is 0.648. The van der Waals surface area contributed by atoms with E-state index in [9.17, 15) is 4.79 Å². The summed E-state index contributed by atoms with van der Waals surface area (Å²) in [4.78, 5) is 14.4. The molecule has 0 atom stereocenters. The van der Waals surface area contributed by atoms with E-state index in [4.69, 9.17) is 4.52 Å². The lowest BCUT2D eigenvalue weighted by Crippen LogP contribution is -1.81. The van der Waals surface area contributed by atoms with E-state index < -0.39 is 0 Å². The highest BCUT2D eigenvalue weighted by Gasteiger charge is 2.08. The zero-order chi connectivity index (χ0) is 9.10. The molecule has 0 amide bonds. The normalized spacial score (nSPS) is 9.85. The molecule has 0 fully saturated rings. The van der Waals surface area contributed by atoms with Crippen LogP contribution in [0.4, 0.5) is 0 Å². The lowest BCUT2D eigenvalue weighted by atomic mass is 10.1. The topological polar surface area (TPSA) is 56.0 Å². The van der Waals surface area contributed by atoms with E-state index in [0.29, 0.717) is 17.6 Å². The van der Waals surface area contributed by atoms with Gasteiger partial charge >= 0.3 is 0 Å². The molecule has 0 aromatic carbocycles. The second-order valence-corrected chi connectivity index (χ2v) is 2.46. The molecule has 2 heterocycles. The van der Waals surface area contributed by atoms with Gasteiger partial charge in [-0.25, -0.2) is 0 Å². The van der Waals surface area contributed by atoms with Crippen LogP contribution in [0.15, 0.2) is 35.2 Å². The summed E-state index contributed by atoms with van der Waals surface area (Å²) >= 11 is 0. The minimum atomic E-state index is 0.450. The van der Waals surface area contributed by atoms with Crippen LogP contribution in [0.5, 0.6) is 0 Å². The van der Waals surface area contributed by atoms with Gasteiger partial charge in [-0.1, -0.05) is 5.16 Å². The maximum Gasteiger partial charge on any atom is 0.177 e. The molecular weight excluding hydrogens is 168 g/mol. The van der Waals surface area contributed by atoms with Crippen LogP contribution in [-0.4, -0.2) is 16.4 Å². The van der Waals surface area contributed by atoms with Gasteiger partial charge in [-0.3, -0.25) is 9.78 Å². The van der Waals surface area contributed by atoms with Crippen molar-refractivity contribution in [2.75, 3.05) is 0 Å². The van der Waals surface area contributed by atoms with E-state index in [2.05, 4.69) is 10.1 Å². The predicted octanol–water partition coefficient (Wildman–Crippen LogP) is 1.55. The third-order valence-corrected chi connectivity index (χ3v) is 1.67. The average Bonchev–Trinajstić information content (AvgIpc) is 2.67. The highest BCUT2D eigenvalue weighted by Crippen LogP contribution is 2.20. The third kappa shape index (κ3) is 1.33. The molecule has 2 aromatic rings. The van der Waals surface area contributed by atoms with Crippen LogP contribution in [0.1, 0.15) is 10.4 Å². The molecule has 0 bridgehead atoms. The third-order valence-electron chi connectivity index (χ3n) is 1.67. The number of aromatic nitrogens is 2. The van der Waals surface area contributed by atoms with Crippen LogP contribution < -0.4 is 0 Å². The van der Waals surface area contributed by atoms with Crippen molar-refractivity contribution in [2.24, 2.45) is 0 Å². The second-order valence-electron chi connectivity index (χ2n) is 2.46. The summed E-state index contributed by atoms with van der Waals surface area (Å²) in [6.45, 7) is 0. The van der Waals surface area contributed by atoms with Gasteiger partial charge in [-0.05, 0) is 12.1 Å². The van der Waals surface area contributed by atoms with Crippen molar-refractivity contribution in [1.82, 2.24) is 10.1 Å². The molecule has 0 aliphatic rings. The molecule has 0 aliphatic carbocycles. The summed E-state index contributed by atoms with van der Waals surface area (Å²) in [7, 11) is 0. The fourth-order valence-electron chi connectivity index (χ4n) is 1.05. The molecular formula is C9H6N2O2. The highest BCUT2D eigenvalue weighted by molar-refractivity contribution is 5.84. The average molecular weight is 174 g/mol. The number of carbonyl (C=O) groups is 1. The summed E-state index contributed by atoms with van der Waals surface area (Å²) in [5, 5.41) is 3.54. The van der Waals surface area contributed by atoms with Crippen molar-refractivity contribution in [1.29, 1.82) is 0 Å². The molecule has 4 heteroatoms. The first kappa shape index (κ1) is 7.67. The number of hydrogen-bond donors (Lipinski definition) is 0. The fraction of sp³-hybridized carbons (Fsp3) is 0. The first-order chi connectivity index (χ1) is 6.42. The maximum atomic E-state index is 10.5. The molecule has 13 heavy (non-hydrogen) atoms. The predicted molar refractivity (Wildman–Crippen MR) is 45.1 cm³/mol. The Kier molecular flexibility index (Phi) is 1.88. The summed E-state index contributed by atoms with van der Waals surface area (Å²) in [5.41, 5.74) is 1.25. The van der Waals surface area contributed by atoms with E-state index in [0.717, 1.165) is 5.56 Å². The standard InChI is InChI=1S/C9H6N2O2/c12-6-8-5-11-13-9(8)7-1-3-10-4-2-7/h1-6H. The molecule has 64 valence electrons. The lowest BCUT2D eigenvalue weighted by molar-refractivity contribution is 0.112. The van der Waals surface area contributed by atoms with Crippen molar-refractivity contribution >= 4 is 6.29 Å². The van der Waals surface area contributed by atoms with Crippen molar-refractivity contribution in [3.63, 3.8) is 0 Å². The number of nitrogens with zero attached hydrogens (tertiary/aromatic N) is 2. The molecule has 0 saturated carbocycles. The minimum absolute atomic E-state index is 0.450. The van der Waals surface area contributed by atoms with Gasteiger partial charge in [0.15, 0.2) is 12.0 Å². The Morgan fingerprint density at radius 2 is 2.08 bits per heavy atom. The van der Waals surface area contributed by atoms with Gasteiger partial charge in [-0.15, -0.1) is 0 Å². The molecule has 0 aliphatic heterocycles. The Morgan fingerprint density at radius 3 is 2.77 bits per heavy atom. The van der Waals surface area contributed by atoms with Crippen molar-refractivity contribution in [2.45, 2.75) is 0 Å². The number of pyridine rings is 1. The Labute approximate surface area is 74.2 Å². The lowest BCUT2D eigenvalue weighted by Gasteiger charge is -1.93. The van der Waals surface area contributed by atoms with Crippen LogP contribution >= 0.6 is 0 Å². The molecule has 0 saturated heterocycles. The summed E-state index contributed by atoms with van der Waals surface area (Å²) in [6, 6.07) is 3.51. The molecule has 0 unspecified atom stereocenters. The monoisotopic (exact) mass is 174 g/mol. The van der Waals surface area contributed by atoms with Crippen LogP contribution in [-0.2, 0) is 0 Å². The van der Waals surface area contributed by atoms with Crippen LogP contribution in [0.2, 0.25) is 0 Å². The molecule has 4 nitrogen and oxygen atoms in total. The van der Waals surface area contributed by atoms with E-state index in [1.807, 2.05) is 0 Å². The SMILES string of the molecule is O=Cc1cnoc1-c1ccncc1. The molecule has 0 radical (unpaired) electrons. The van der Waals surface area contributed by atoms with E-state index in [-0.39, 0.29) is 0 Å². The highest BCUT2D eigenvalue weighted by atomic mass is 16.5. The first-order valence-electron chi connectivity index (χ1n) is 3.72. The molecule has 0 spiro atoms. The summed E-state index contributed by atoms with van der Waals surface area (Å²) < 4.78 is 4.93. The van der Waals surface area contributed by atoms with Gasteiger partial charge in [0.05, 0.1) is 11.8 Å². The molecule has 2 aromatic heterocycles. The Bertz CT molecular complexity index is 409. The van der Waals surface area contributed by atoms with Gasteiger partial charge < -0.3 is 4.52 Å². The van der Waals surface area contributed by atoms with Crippen molar-refractivity contribution < 1.29 is 9.32 Å². The Morgan fingerprint density at radius 1 is 1.31 bits per heavy atom. The summed E-state index contributed by atoms with van der Waals surface area (Å²) in [6.07, 6.45) is 5.37. The number of carbonyl (C=O) groups excluding carboxylic acids is 1. The fourth-order valence-corrected chi connectivity index (χ4v) is 1.05. The van der Waals surface area contributed by atoms with Crippen molar-refractivity contribution in [3.8, 4) is 11.3 Å².